The van der Waals surface area contributed by atoms with Crippen molar-refractivity contribution in [3.05, 3.63) is 16.8 Å². The van der Waals surface area contributed by atoms with E-state index in [0.717, 1.165) is 16.6 Å². The number of rotatable bonds is 4. The van der Waals surface area contributed by atoms with E-state index in [9.17, 15) is 0 Å². The largest absolute Gasteiger partial charge is 0.354 e. The lowest BCUT2D eigenvalue weighted by molar-refractivity contribution is 0.567. The minimum atomic E-state index is 0.401. The lowest BCUT2D eigenvalue weighted by Gasteiger charge is -2.28. The van der Waals surface area contributed by atoms with Crippen molar-refractivity contribution in [3.63, 3.8) is 0 Å². The first kappa shape index (κ1) is 12.8. The molecule has 5 heteroatoms. The number of aryl methyl sites for hydroxylation is 2. The van der Waals surface area contributed by atoms with Crippen LogP contribution in [0.3, 0.4) is 0 Å². The molecule has 3 rings (SSSR count). The van der Waals surface area contributed by atoms with E-state index in [0.29, 0.717) is 12.6 Å². The standard InChI is InChI=1S/C14H20N4S/c1-8-9(2)19-14-12(8)13(16-7-17-14)18(3)11(6-15)10-4-5-10/h7,10-11H,4-6,15H2,1-3H3. The van der Waals surface area contributed by atoms with Crippen molar-refractivity contribution >= 4 is 27.4 Å². The third kappa shape index (κ3) is 2.11. The van der Waals surface area contributed by atoms with Gasteiger partial charge in [-0.05, 0) is 38.2 Å². The fourth-order valence-corrected chi connectivity index (χ4v) is 3.73. The number of fused-ring (bicyclic) bond motifs is 1. The van der Waals surface area contributed by atoms with Crippen molar-refractivity contribution in [1.29, 1.82) is 0 Å². The van der Waals surface area contributed by atoms with E-state index in [1.807, 2.05) is 0 Å². The summed E-state index contributed by atoms with van der Waals surface area (Å²) < 4.78 is 0. The third-order valence-electron chi connectivity index (χ3n) is 4.18. The zero-order chi connectivity index (χ0) is 13.6. The zero-order valence-electron chi connectivity index (χ0n) is 11.7. The second-order valence-electron chi connectivity index (χ2n) is 5.41. The van der Waals surface area contributed by atoms with Gasteiger partial charge in [0.05, 0.1) is 5.39 Å². The number of likely N-dealkylation sites (N-methyl/N-ethyl adjacent to an activating group) is 1. The Balaban J connectivity index is 2.08. The highest BCUT2D eigenvalue weighted by Gasteiger charge is 2.34. The Bertz CT molecular complexity index is 603. The van der Waals surface area contributed by atoms with E-state index in [1.54, 1.807) is 17.7 Å². The van der Waals surface area contributed by atoms with Crippen LogP contribution >= 0.6 is 11.3 Å². The zero-order valence-corrected chi connectivity index (χ0v) is 12.5. The summed E-state index contributed by atoms with van der Waals surface area (Å²) in [5.41, 5.74) is 7.26. The van der Waals surface area contributed by atoms with Crippen LogP contribution in [0, 0.1) is 19.8 Å². The topological polar surface area (TPSA) is 55.0 Å². The number of hydrogen-bond acceptors (Lipinski definition) is 5. The first-order valence-electron chi connectivity index (χ1n) is 6.77. The number of nitrogens with two attached hydrogens (primary N) is 1. The average molecular weight is 276 g/mol. The smallest absolute Gasteiger partial charge is 0.141 e. The van der Waals surface area contributed by atoms with Gasteiger partial charge in [-0.15, -0.1) is 11.3 Å². The number of anilines is 1. The van der Waals surface area contributed by atoms with Crippen molar-refractivity contribution in [2.45, 2.75) is 32.7 Å². The highest BCUT2D eigenvalue weighted by molar-refractivity contribution is 7.18. The molecule has 19 heavy (non-hydrogen) atoms. The molecule has 1 saturated carbocycles. The quantitative estimate of drug-likeness (QED) is 0.932. The summed E-state index contributed by atoms with van der Waals surface area (Å²) in [6, 6.07) is 0.401. The van der Waals surface area contributed by atoms with Crippen LogP contribution < -0.4 is 10.6 Å². The van der Waals surface area contributed by atoms with E-state index in [1.165, 1.54) is 28.7 Å². The van der Waals surface area contributed by atoms with Crippen LogP contribution in [0.5, 0.6) is 0 Å². The van der Waals surface area contributed by atoms with Crippen LogP contribution in [0.1, 0.15) is 23.3 Å². The minimum Gasteiger partial charge on any atom is -0.354 e. The van der Waals surface area contributed by atoms with Gasteiger partial charge in [-0.3, -0.25) is 0 Å². The van der Waals surface area contributed by atoms with Gasteiger partial charge in [-0.1, -0.05) is 0 Å². The molecule has 0 spiro atoms. The average Bonchev–Trinajstić information content (AvgIpc) is 3.18. The summed E-state index contributed by atoms with van der Waals surface area (Å²) in [5.74, 6) is 1.77. The van der Waals surface area contributed by atoms with Crippen LogP contribution in [-0.4, -0.2) is 29.6 Å². The molecule has 2 aromatic heterocycles. The summed E-state index contributed by atoms with van der Waals surface area (Å²) in [6.45, 7) is 4.99. The fourth-order valence-electron chi connectivity index (χ4n) is 2.74. The maximum atomic E-state index is 5.96. The molecule has 1 unspecified atom stereocenters. The van der Waals surface area contributed by atoms with Crippen LogP contribution in [-0.2, 0) is 0 Å². The molecule has 2 N–H and O–H groups in total. The van der Waals surface area contributed by atoms with Gasteiger partial charge in [0.1, 0.15) is 17.0 Å². The van der Waals surface area contributed by atoms with Gasteiger partial charge in [0.25, 0.3) is 0 Å². The molecule has 0 aliphatic heterocycles. The number of aromatic nitrogens is 2. The molecule has 1 fully saturated rings. The number of hydrogen-bond donors (Lipinski definition) is 1. The summed E-state index contributed by atoms with van der Waals surface area (Å²) in [7, 11) is 2.12. The summed E-state index contributed by atoms with van der Waals surface area (Å²) in [4.78, 5) is 13.6. The highest BCUT2D eigenvalue weighted by Crippen LogP contribution is 2.39. The molecule has 0 saturated heterocycles. The molecular weight excluding hydrogens is 256 g/mol. The van der Waals surface area contributed by atoms with Gasteiger partial charge >= 0.3 is 0 Å². The van der Waals surface area contributed by atoms with Gasteiger partial charge in [0.2, 0.25) is 0 Å². The molecule has 1 aliphatic carbocycles. The molecule has 4 nitrogen and oxygen atoms in total. The number of thiophene rings is 1. The Morgan fingerprint density at radius 3 is 2.79 bits per heavy atom. The van der Waals surface area contributed by atoms with E-state index in [-0.39, 0.29) is 0 Å². The van der Waals surface area contributed by atoms with Crippen LogP contribution in [0.4, 0.5) is 5.82 Å². The number of nitrogens with zero attached hydrogens (tertiary/aromatic N) is 3. The van der Waals surface area contributed by atoms with Crippen molar-refractivity contribution < 1.29 is 0 Å². The fraction of sp³-hybridized carbons (Fsp3) is 0.571. The molecule has 0 bridgehead atoms. The molecule has 0 radical (unpaired) electrons. The predicted molar refractivity (Wildman–Crippen MR) is 80.9 cm³/mol. The maximum absolute atomic E-state index is 5.96. The van der Waals surface area contributed by atoms with E-state index in [2.05, 4.69) is 35.8 Å². The van der Waals surface area contributed by atoms with Crippen LogP contribution in [0.25, 0.3) is 10.2 Å². The molecule has 2 heterocycles. The van der Waals surface area contributed by atoms with Gasteiger partial charge in [-0.2, -0.15) is 0 Å². The Kier molecular flexibility index (Phi) is 3.19. The second-order valence-corrected chi connectivity index (χ2v) is 6.62. The Hall–Kier alpha value is -1.20. The SMILES string of the molecule is Cc1sc2ncnc(N(C)C(CN)C3CC3)c2c1C. The first-order valence-corrected chi connectivity index (χ1v) is 7.58. The van der Waals surface area contributed by atoms with Gasteiger partial charge in [0, 0.05) is 24.5 Å². The lowest BCUT2D eigenvalue weighted by Crippen LogP contribution is -2.40. The van der Waals surface area contributed by atoms with E-state index < -0.39 is 0 Å². The Morgan fingerprint density at radius 1 is 1.42 bits per heavy atom. The maximum Gasteiger partial charge on any atom is 0.141 e. The second kappa shape index (κ2) is 4.72. The summed E-state index contributed by atoms with van der Waals surface area (Å²) in [6.07, 6.45) is 4.26. The van der Waals surface area contributed by atoms with Gasteiger partial charge in [0.15, 0.2) is 0 Å². The summed E-state index contributed by atoms with van der Waals surface area (Å²) in [5, 5.41) is 1.20. The van der Waals surface area contributed by atoms with Crippen LogP contribution in [0.2, 0.25) is 0 Å². The molecular formula is C14H20N4S. The van der Waals surface area contributed by atoms with Crippen molar-refractivity contribution in [2.75, 3.05) is 18.5 Å². The van der Waals surface area contributed by atoms with Crippen LogP contribution in [0.15, 0.2) is 6.33 Å². The first-order chi connectivity index (χ1) is 9.13. The van der Waals surface area contributed by atoms with E-state index >= 15 is 0 Å². The lowest BCUT2D eigenvalue weighted by atomic mass is 10.1. The molecule has 0 amide bonds. The summed E-state index contributed by atoms with van der Waals surface area (Å²) >= 11 is 1.74. The van der Waals surface area contributed by atoms with E-state index in [4.69, 9.17) is 5.73 Å². The van der Waals surface area contributed by atoms with Gasteiger partial charge in [-0.25, -0.2) is 9.97 Å². The molecule has 0 aromatic carbocycles. The Morgan fingerprint density at radius 2 is 2.16 bits per heavy atom. The molecule has 1 atom stereocenters. The monoisotopic (exact) mass is 276 g/mol. The normalized spacial score (nSPS) is 16.8. The predicted octanol–water partition coefficient (Wildman–Crippen LogP) is 2.48. The van der Waals surface area contributed by atoms with Crippen molar-refractivity contribution in [1.82, 2.24) is 9.97 Å². The highest BCUT2D eigenvalue weighted by atomic mass is 32.1. The van der Waals surface area contributed by atoms with Gasteiger partial charge < -0.3 is 10.6 Å². The minimum absolute atomic E-state index is 0.401. The van der Waals surface area contributed by atoms with Crippen molar-refractivity contribution in [3.8, 4) is 0 Å². The molecule has 2 aromatic rings. The molecule has 1 aliphatic rings. The third-order valence-corrected chi connectivity index (χ3v) is 5.30. The van der Waals surface area contributed by atoms with Crippen molar-refractivity contribution in [2.24, 2.45) is 11.7 Å². The Labute approximate surface area is 117 Å². The molecule has 102 valence electrons.